The molecule has 6 rings (SSSR count). The molecule has 3 fully saturated rings. The lowest BCUT2D eigenvalue weighted by molar-refractivity contribution is -0.133. The number of aryl methyl sites for hydroxylation is 3. The first kappa shape index (κ1) is 34.3. The standard InChI is InChI=1S/C38H50N4O6/c1-24-15-33(39-38(45)32-19-40(3)34-9-7-6-8-31(32)34)25(2)14-27(24)16-37(44)42-18-28(41-20-35(46-4)36(21-41)47-5)17-29(42)23-48-30-12-10-26(22-43)11-13-30/h6-9,14-15,19,22,26,28-30,35-36H,10-13,16-18,20-21,23H2,1-5H3,(H,39,45)/t26?,28-,29-,30?,35-,36+/m0/s1. The fraction of sp³-hybridized carbons (Fsp3) is 0.553. The van der Waals surface area contributed by atoms with Crippen LogP contribution in [0.15, 0.2) is 42.6 Å². The average molecular weight is 659 g/mol. The van der Waals surface area contributed by atoms with Gasteiger partial charge in [-0.15, -0.1) is 0 Å². The van der Waals surface area contributed by atoms with Gasteiger partial charge in [-0.25, -0.2) is 0 Å². The van der Waals surface area contributed by atoms with E-state index in [0.29, 0.717) is 18.7 Å². The van der Waals surface area contributed by atoms with E-state index in [1.807, 2.05) is 73.0 Å². The Bertz CT molecular complexity index is 1620. The van der Waals surface area contributed by atoms with Gasteiger partial charge in [-0.3, -0.25) is 14.5 Å². The number of nitrogens with zero attached hydrogens (tertiary/aromatic N) is 3. The Labute approximate surface area is 283 Å². The molecule has 258 valence electrons. The highest BCUT2D eigenvalue weighted by molar-refractivity contribution is 6.13. The lowest BCUT2D eigenvalue weighted by Gasteiger charge is -2.29. The molecule has 1 aliphatic carbocycles. The molecule has 0 unspecified atom stereocenters. The number of anilines is 1. The highest BCUT2D eigenvalue weighted by atomic mass is 16.5. The van der Waals surface area contributed by atoms with Crippen molar-refractivity contribution in [3.8, 4) is 0 Å². The number of aromatic nitrogens is 1. The summed E-state index contributed by atoms with van der Waals surface area (Å²) in [6, 6.07) is 12.0. The Kier molecular flexibility index (Phi) is 10.6. The van der Waals surface area contributed by atoms with E-state index >= 15 is 0 Å². The molecule has 2 saturated heterocycles. The minimum Gasteiger partial charge on any atom is -0.377 e. The molecule has 0 bridgehead atoms. The van der Waals surface area contributed by atoms with Gasteiger partial charge in [0.15, 0.2) is 0 Å². The van der Waals surface area contributed by atoms with Gasteiger partial charge in [-0.2, -0.15) is 0 Å². The van der Waals surface area contributed by atoms with E-state index in [2.05, 4.69) is 10.2 Å². The predicted octanol–water partition coefficient (Wildman–Crippen LogP) is 4.68. The molecular weight excluding hydrogens is 608 g/mol. The maximum absolute atomic E-state index is 14.1. The molecule has 2 aromatic carbocycles. The zero-order chi connectivity index (χ0) is 33.9. The van der Waals surface area contributed by atoms with Crippen LogP contribution in [-0.2, 0) is 37.3 Å². The van der Waals surface area contributed by atoms with E-state index in [1.54, 1.807) is 14.2 Å². The van der Waals surface area contributed by atoms with Crippen LogP contribution >= 0.6 is 0 Å². The summed E-state index contributed by atoms with van der Waals surface area (Å²) in [6.07, 6.45) is 7.68. The molecule has 0 spiro atoms. The maximum Gasteiger partial charge on any atom is 0.257 e. The normalized spacial score (nSPS) is 26.3. The summed E-state index contributed by atoms with van der Waals surface area (Å²) in [6.45, 7) is 6.64. The van der Waals surface area contributed by atoms with Crippen molar-refractivity contribution in [3.63, 3.8) is 0 Å². The Morgan fingerprint density at radius 2 is 1.67 bits per heavy atom. The summed E-state index contributed by atoms with van der Waals surface area (Å²) in [7, 11) is 5.40. The molecule has 48 heavy (non-hydrogen) atoms. The third-order valence-corrected chi connectivity index (χ3v) is 10.9. The fourth-order valence-corrected chi connectivity index (χ4v) is 7.96. The van der Waals surface area contributed by atoms with Crippen molar-refractivity contribution in [1.29, 1.82) is 0 Å². The first-order valence-corrected chi connectivity index (χ1v) is 17.3. The Hall–Kier alpha value is -3.57. The first-order chi connectivity index (χ1) is 23.2. The number of hydrogen-bond donors (Lipinski definition) is 1. The number of para-hydroxylation sites is 1. The third-order valence-electron chi connectivity index (χ3n) is 10.9. The Morgan fingerprint density at radius 3 is 2.35 bits per heavy atom. The Morgan fingerprint density at radius 1 is 0.958 bits per heavy atom. The lowest BCUT2D eigenvalue weighted by Crippen LogP contribution is -2.41. The number of ether oxygens (including phenoxy) is 3. The summed E-state index contributed by atoms with van der Waals surface area (Å²) in [5, 5.41) is 4.03. The summed E-state index contributed by atoms with van der Waals surface area (Å²) >= 11 is 0. The van der Waals surface area contributed by atoms with Gasteiger partial charge in [0.1, 0.15) is 6.29 Å². The number of likely N-dealkylation sites (tertiary alicyclic amines) is 2. The van der Waals surface area contributed by atoms with Crippen LogP contribution in [0.1, 0.15) is 59.2 Å². The SMILES string of the molecule is CO[C@H]1CN([C@H]2C[C@@H](COC3CCC(C=O)CC3)N(C(=O)Cc3cc(C)c(NC(=O)c4cn(C)c5ccccc45)cc3C)C2)C[C@H]1OC. The molecular formula is C38H50N4O6. The van der Waals surface area contributed by atoms with Gasteiger partial charge in [-0.05, 0) is 74.8 Å². The van der Waals surface area contributed by atoms with Crippen LogP contribution in [0.2, 0.25) is 0 Å². The van der Waals surface area contributed by atoms with E-state index in [-0.39, 0.29) is 54.5 Å². The van der Waals surface area contributed by atoms with Crippen molar-refractivity contribution >= 4 is 34.7 Å². The van der Waals surface area contributed by atoms with Gasteiger partial charge in [0.2, 0.25) is 5.91 Å². The van der Waals surface area contributed by atoms with Gasteiger partial charge >= 0.3 is 0 Å². The molecule has 10 heteroatoms. The molecule has 4 atom stereocenters. The van der Waals surface area contributed by atoms with Gasteiger partial charge in [0.05, 0.1) is 42.9 Å². The molecule has 0 radical (unpaired) electrons. The van der Waals surface area contributed by atoms with Crippen molar-refractivity contribution in [2.75, 3.05) is 45.8 Å². The number of carbonyl (C=O) groups is 3. The van der Waals surface area contributed by atoms with Crippen molar-refractivity contribution in [1.82, 2.24) is 14.4 Å². The van der Waals surface area contributed by atoms with E-state index in [1.165, 1.54) is 0 Å². The monoisotopic (exact) mass is 658 g/mol. The number of nitrogens with one attached hydrogen (secondary N) is 1. The first-order valence-electron chi connectivity index (χ1n) is 17.3. The van der Waals surface area contributed by atoms with E-state index in [0.717, 1.165) is 84.8 Å². The maximum atomic E-state index is 14.1. The van der Waals surface area contributed by atoms with Gasteiger partial charge in [0.25, 0.3) is 5.91 Å². The van der Waals surface area contributed by atoms with Crippen molar-refractivity contribution in [2.45, 2.75) is 82.8 Å². The topological polar surface area (TPSA) is 102 Å². The minimum atomic E-state index is -0.156. The number of amides is 2. The van der Waals surface area contributed by atoms with Crippen LogP contribution in [0.3, 0.4) is 0 Å². The average Bonchev–Trinajstić information content (AvgIpc) is 3.81. The highest BCUT2D eigenvalue weighted by Crippen LogP contribution is 2.31. The van der Waals surface area contributed by atoms with E-state index in [9.17, 15) is 14.4 Å². The van der Waals surface area contributed by atoms with E-state index in [4.69, 9.17) is 14.2 Å². The van der Waals surface area contributed by atoms with Crippen molar-refractivity contribution in [2.24, 2.45) is 13.0 Å². The van der Waals surface area contributed by atoms with Crippen LogP contribution in [0.25, 0.3) is 10.9 Å². The number of aldehydes is 1. The smallest absolute Gasteiger partial charge is 0.257 e. The number of methoxy groups -OCH3 is 2. The highest BCUT2D eigenvalue weighted by Gasteiger charge is 2.43. The molecule has 2 amide bonds. The number of benzene rings is 2. The van der Waals surface area contributed by atoms with Gasteiger partial charge in [0, 0.05) is 75.6 Å². The zero-order valence-electron chi connectivity index (χ0n) is 28.9. The summed E-state index contributed by atoms with van der Waals surface area (Å²) in [4.78, 5) is 43.1. The number of hydrogen-bond acceptors (Lipinski definition) is 7. The van der Waals surface area contributed by atoms with Crippen LogP contribution < -0.4 is 5.32 Å². The minimum absolute atomic E-state index is 0.00713. The van der Waals surface area contributed by atoms with Crippen LogP contribution in [0, 0.1) is 19.8 Å². The molecule has 1 saturated carbocycles. The Balaban J connectivity index is 1.15. The van der Waals surface area contributed by atoms with Gasteiger partial charge < -0.3 is 33.8 Å². The van der Waals surface area contributed by atoms with Crippen molar-refractivity contribution in [3.05, 3.63) is 64.8 Å². The molecule has 3 aliphatic rings. The quantitative estimate of drug-likeness (QED) is 0.299. The molecule has 3 aromatic rings. The lowest BCUT2D eigenvalue weighted by atomic mass is 9.88. The number of fused-ring (bicyclic) bond motifs is 1. The van der Waals surface area contributed by atoms with Crippen molar-refractivity contribution < 1.29 is 28.6 Å². The number of rotatable bonds is 11. The van der Waals surface area contributed by atoms with E-state index < -0.39 is 0 Å². The van der Waals surface area contributed by atoms with Gasteiger partial charge in [-0.1, -0.05) is 24.3 Å². The number of carbonyl (C=O) groups excluding carboxylic acids is 3. The molecule has 1 aromatic heterocycles. The fourth-order valence-electron chi connectivity index (χ4n) is 7.96. The molecule has 2 aliphatic heterocycles. The summed E-state index contributed by atoms with van der Waals surface area (Å²) in [5.74, 6) is 0.0645. The van der Waals surface area contributed by atoms with Crippen LogP contribution in [0.5, 0.6) is 0 Å². The predicted molar refractivity (Wildman–Crippen MR) is 185 cm³/mol. The second kappa shape index (κ2) is 14.9. The molecule has 1 N–H and O–H groups in total. The second-order valence-electron chi connectivity index (χ2n) is 14.0. The summed E-state index contributed by atoms with van der Waals surface area (Å²) in [5.41, 5.74) is 5.20. The zero-order valence-corrected chi connectivity index (χ0v) is 28.9. The largest absolute Gasteiger partial charge is 0.377 e. The summed E-state index contributed by atoms with van der Waals surface area (Å²) < 4.78 is 19.8. The second-order valence-corrected chi connectivity index (χ2v) is 14.0. The van der Waals surface area contributed by atoms with Crippen LogP contribution in [-0.4, -0.2) is 103 Å². The molecule has 3 heterocycles. The molecule has 10 nitrogen and oxygen atoms in total. The van der Waals surface area contributed by atoms with Crippen LogP contribution in [0.4, 0.5) is 5.69 Å². The third kappa shape index (κ3) is 7.22.